The number of hydrogen-bond donors (Lipinski definition) is 0. The average Bonchev–Trinajstić information content (AvgIpc) is 2.37. The number of ether oxygens (including phenoxy) is 2. The molecule has 0 aliphatic heterocycles. The summed E-state index contributed by atoms with van der Waals surface area (Å²) < 4.78 is 9.81. The third kappa shape index (κ3) is 16.1. The standard InChI is InChI=1S/C14H24O4.Sr.2H/c1-3-5-7-11-17-13(15)9-10-14(16)18-12-8-6-4-2;;;/h9-10H,3-8,11-12H2,1-2H3;;;/b10-9+;;;. The first kappa shape index (κ1) is 21.5. The summed E-state index contributed by atoms with van der Waals surface area (Å²) in [6.45, 7) is 4.97. The Labute approximate surface area is 153 Å². The van der Waals surface area contributed by atoms with Gasteiger partial charge < -0.3 is 9.47 Å². The van der Waals surface area contributed by atoms with Crippen LogP contribution >= 0.6 is 0 Å². The van der Waals surface area contributed by atoms with Crippen molar-refractivity contribution >= 4 is 57.4 Å². The summed E-state index contributed by atoms with van der Waals surface area (Å²) in [4.78, 5) is 22.3. The van der Waals surface area contributed by atoms with Gasteiger partial charge in [0.25, 0.3) is 0 Å². The molecular weight excluding hydrogens is 320 g/mol. The zero-order valence-electron chi connectivity index (χ0n) is 11.4. The van der Waals surface area contributed by atoms with E-state index in [4.69, 9.17) is 9.47 Å². The van der Waals surface area contributed by atoms with Gasteiger partial charge in [-0.3, -0.25) is 0 Å². The number of carbonyl (C=O) groups is 2. The van der Waals surface area contributed by atoms with Gasteiger partial charge in [-0.25, -0.2) is 9.59 Å². The fourth-order valence-corrected chi connectivity index (χ4v) is 1.28. The summed E-state index contributed by atoms with van der Waals surface area (Å²) >= 11 is 0. The van der Waals surface area contributed by atoms with Gasteiger partial charge in [0.2, 0.25) is 0 Å². The van der Waals surface area contributed by atoms with Gasteiger partial charge in [-0.05, 0) is 12.8 Å². The van der Waals surface area contributed by atoms with E-state index in [-0.39, 0.29) is 45.5 Å². The second-order valence-corrected chi connectivity index (χ2v) is 4.08. The molecule has 0 rings (SSSR count). The van der Waals surface area contributed by atoms with Crippen LogP contribution in [0.3, 0.4) is 0 Å². The Morgan fingerprint density at radius 3 is 1.47 bits per heavy atom. The predicted octanol–water partition coefficient (Wildman–Crippen LogP) is 2.09. The SMILES string of the molecule is CCCCCOC(=O)/C=C/C(=O)OCCCCC.[SrH2]. The normalized spacial score (nSPS) is 10.0. The van der Waals surface area contributed by atoms with Crippen LogP contribution in [0.5, 0.6) is 0 Å². The molecule has 0 aromatic rings. The Balaban J connectivity index is 0. The summed E-state index contributed by atoms with van der Waals surface area (Å²) in [5.41, 5.74) is 0. The van der Waals surface area contributed by atoms with E-state index in [2.05, 4.69) is 13.8 Å². The fourth-order valence-electron chi connectivity index (χ4n) is 1.28. The zero-order valence-corrected chi connectivity index (χ0v) is 11.4. The molecule has 0 aliphatic rings. The molecule has 108 valence electrons. The molecule has 5 heteroatoms. The second-order valence-electron chi connectivity index (χ2n) is 4.08. The van der Waals surface area contributed by atoms with Gasteiger partial charge in [0, 0.05) is 12.2 Å². The van der Waals surface area contributed by atoms with Gasteiger partial charge in [-0.1, -0.05) is 39.5 Å². The molecular formula is C14H26O4Sr. The molecule has 0 radical (unpaired) electrons. The van der Waals surface area contributed by atoms with Gasteiger partial charge in [-0.2, -0.15) is 0 Å². The monoisotopic (exact) mass is 346 g/mol. The van der Waals surface area contributed by atoms with Crippen LogP contribution in [0.1, 0.15) is 52.4 Å². The minimum atomic E-state index is -0.489. The Morgan fingerprint density at radius 1 is 0.789 bits per heavy atom. The summed E-state index contributed by atoms with van der Waals surface area (Å²) in [6.07, 6.45) is 8.19. The van der Waals surface area contributed by atoms with E-state index in [9.17, 15) is 9.59 Å². The van der Waals surface area contributed by atoms with Crippen molar-refractivity contribution in [2.75, 3.05) is 13.2 Å². The van der Waals surface area contributed by atoms with Crippen molar-refractivity contribution in [3.63, 3.8) is 0 Å². The Kier molecular flexibility index (Phi) is 18.3. The molecule has 0 saturated heterocycles. The number of unbranched alkanes of at least 4 members (excludes halogenated alkanes) is 4. The van der Waals surface area contributed by atoms with Crippen molar-refractivity contribution in [2.45, 2.75) is 52.4 Å². The molecule has 0 saturated carbocycles. The van der Waals surface area contributed by atoms with Crippen LogP contribution < -0.4 is 0 Å². The quantitative estimate of drug-likeness (QED) is 0.263. The first-order valence-electron chi connectivity index (χ1n) is 6.72. The molecule has 0 N–H and O–H groups in total. The first-order valence-corrected chi connectivity index (χ1v) is 6.72. The molecule has 0 bridgehead atoms. The van der Waals surface area contributed by atoms with Gasteiger partial charge in [-0.15, -0.1) is 0 Å². The second kappa shape index (κ2) is 16.2. The van der Waals surface area contributed by atoms with Crippen molar-refractivity contribution in [1.82, 2.24) is 0 Å². The van der Waals surface area contributed by atoms with Crippen LogP contribution in [0, 0.1) is 0 Å². The summed E-state index contributed by atoms with van der Waals surface area (Å²) in [6, 6.07) is 0. The third-order valence-corrected chi connectivity index (χ3v) is 2.34. The van der Waals surface area contributed by atoms with Crippen LogP contribution in [0.2, 0.25) is 0 Å². The predicted molar refractivity (Wildman–Crippen MR) is 78.7 cm³/mol. The van der Waals surface area contributed by atoms with E-state index >= 15 is 0 Å². The number of esters is 2. The third-order valence-electron chi connectivity index (χ3n) is 2.34. The minimum absolute atomic E-state index is 0. The fraction of sp³-hybridized carbons (Fsp3) is 0.714. The van der Waals surface area contributed by atoms with E-state index in [1.54, 1.807) is 0 Å². The molecule has 4 nitrogen and oxygen atoms in total. The summed E-state index contributed by atoms with van der Waals surface area (Å²) in [5.74, 6) is -0.978. The van der Waals surface area contributed by atoms with Crippen molar-refractivity contribution in [3.8, 4) is 0 Å². The molecule has 0 aliphatic carbocycles. The van der Waals surface area contributed by atoms with E-state index in [1.807, 2.05) is 0 Å². The van der Waals surface area contributed by atoms with Crippen LogP contribution in [-0.4, -0.2) is 70.6 Å². The van der Waals surface area contributed by atoms with Crippen LogP contribution in [0.4, 0.5) is 0 Å². The van der Waals surface area contributed by atoms with E-state index in [0.29, 0.717) is 13.2 Å². The average molecular weight is 346 g/mol. The Bertz CT molecular complexity index is 238. The zero-order chi connectivity index (χ0) is 13.6. The van der Waals surface area contributed by atoms with Gasteiger partial charge in [0.15, 0.2) is 0 Å². The first-order chi connectivity index (χ1) is 8.70. The van der Waals surface area contributed by atoms with E-state index < -0.39 is 11.9 Å². The Morgan fingerprint density at radius 2 is 1.16 bits per heavy atom. The molecule has 0 unspecified atom stereocenters. The maximum absolute atomic E-state index is 11.2. The molecule has 0 spiro atoms. The number of hydrogen-bond acceptors (Lipinski definition) is 4. The molecule has 0 aromatic heterocycles. The number of rotatable bonds is 10. The molecule has 0 heterocycles. The van der Waals surface area contributed by atoms with E-state index in [0.717, 1.165) is 50.7 Å². The van der Waals surface area contributed by atoms with Crippen molar-refractivity contribution in [1.29, 1.82) is 0 Å². The van der Waals surface area contributed by atoms with Crippen molar-refractivity contribution in [2.24, 2.45) is 0 Å². The van der Waals surface area contributed by atoms with Crippen molar-refractivity contribution in [3.05, 3.63) is 12.2 Å². The van der Waals surface area contributed by atoms with Gasteiger partial charge in [0.1, 0.15) is 0 Å². The van der Waals surface area contributed by atoms with Gasteiger partial charge in [0.05, 0.1) is 13.2 Å². The number of carbonyl (C=O) groups excluding carboxylic acids is 2. The summed E-state index contributed by atoms with van der Waals surface area (Å²) in [7, 11) is 0. The van der Waals surface area contributed by atoms with E-state index in [1.165, 1.54) is 0 Å². The molecule has 0 aromatic carbocycles. The molecule has 0 atom stereocenters. The van der Waals surface area contributed by atoms with Crippen molar-refractivity contribution < 1.29 is 19.1 Å². The Hall–Kier alpha value is 0.161. The molecule has 0 fully saturated rings. The van der Waals surface area contributed by atoms with Gasteiger partial charge >= 0.3 is 57.4 Å². The van der Waals surface area contributed by atoms with Crippen LogP contribution in [0.25, 0.3) is 0 Å². The summed E-state index contributed by atoms with van der Waals surface area (Å²) in [5, 5.41) is 0. The van der Waals surface area contributed by atoms with Crippen LogP contribution in [-0.2, 0) is 19.1 Å². The molecule has 0 amide bonds. The maximum atomic E-state index is 11.2. The van der Waals surface area contributed by atoms with Crippen LogP contribution in [0.15, 0.2) is 12.2 Å². The molecule has 19 heavy (non-hydrogen) atoms. The topological polar surface area (TPSA) is 52.6 Å².